The number of hydrogen-bond acceptors (Lipinski definition) is 8. The van der Waals surface area contributed by atoms with Gasteiger partial charge in [0, 0.05) is 42.6 Å². The number of furan rings is 1. The first-order valence-corrected chi connectivity index (χ1v) is 13.1. The van der Waals surface area contributed by atoms with Gasteiger partial charge in [-0.15, -0.1) is 5.10 Å². The van der Waals surface area contributed by atoms with E-state index in [1.165, 1.54) is 0 Å². The molecular formula is C29H31N7O3. The van der Waals surface area contributed by atoms with E-state index in [-0.39, 0.29) is 5.56 Å². The Hall–Kier alpha value is -4.44. The maximum atomic E-state index is 13.6. The Morgan fingerprint density at radius 3 is 2.64 bits per heavy atom. The third-order valence-corrected chi connectivity index (χ3v) is 7.43. The molecule has 0 aliphatic carbocycles. The minimum atomic E-state index is -0.441. The number of pyridine rings is 1. The van der Waals surface area contributed by atoms with Crippen LogP contribution in [0, 0.1) is 13.8 Å². The standard InChI is InChI=1S/C29H31N7O3/c1-19-15-20(2)22-17-23(29(37)30-24(22)16-19)27(28-31-32-33-36(28)18-21-7-6-14-39-21)35-12-10-34(11-13-35)25-8-4-5-9-26(25)38-3/h4-9,14-17,27H,10-13,18H2,1-3H3,(H,30,37). The van der Waals surface area contributed by atoms with Gasteiger partial charge < -0.3 is 19.0 Å². The monoisotopic (exact) mass is 525 g/mol. The van der Waals surface area contributed by atoms with Gasteiger partial charge in [-0.25, -0.2) is 4.68 Å². The quantitative estimate of drug-likeness (QED) is 0.343. The highest BCUT2D eigenvalue weighted by Gasteiger charge is 2.33. The Morgan fingerprint density at radius 2 is 1.87 bits per heavy atom. The lowest BCUT2D eigenvalue weighted by Gasteiger charge is -2.40. The van der Waals surface area contributed by atoms with Gasteiger partial charge in [-0.1, -0.05) is 18.2 Å². The number of aryl methyl sites for hydroxylation is 2. The Balaban J connectivity index is 1.40. The summed E-state index contributed by atoms with van der Waals surface area (Å²) in [4.78, 5) is 21.4. The van der Waals surface area contributed by atoms with E-state index >= 15 is 0 Å². The topological polar surface area (TPSA) is 105 Å². The van der Waals surface area contributed by atoms with Gasteiger partial charge in [-0.05, 0) is 71.8 Å². The lowest BCUT2D eigenvalue weighted by molar-refractivity contribution is 0.199. The van der Waals surface area contributed by atoms with Crippen molar-refractivity contribution in [2.75, 3.05) is 38.2 Å². The van der Waals surface area contributed by atoms with Crippen molar-refractivity contribution in [3.8, 4) is 5.75 Å². The van der Waals surface area contributed by atoms with E-state index in [2.05, 4.69) is 49.4 Å². The summed E-state index contributed by atoms with van der Waals surface area (Å²) >= 11 is 0. The van der Waals surface area contributed by atoms with Crippen LogP contribution in [-0.2, 0) is 6.54 Å². The number of para-hydroxylation sites is 2. The first kappa shape index (κ1) is 24.9. The Morgan fingerprint density at radius 1 is 1.05 bits per heavy atom. The largest absolute Gasteiger partial charge is 0.495 e. The average Bonchev–Trinajstić information content (AvgIpc) is 3.62. The molecule has 1 atom stereocenters. The number of rotatable bonds is 7. The maximum absolute atomic E-state index is 13.6. The number of ether oxygens (including phenoxy) is 1. The fourth-order valence-corrected chi connectivity index (χ4v) is 5.57. The van der Waals surface area contributed by atoms with E-state index in [9.17, 15) is 4.79 Å². The molecule has 1 fully saturated rings. The van der Waals surface area contributed by atoms with E-state index in [4.69, 9.17) is 9.15 Å². The van der Waals surface area contributed by atoms with E-state index in [0.717, 1.165) is 52.3 Å². The lowest BCUT2D eigenvalue weighted by atomic mass is 9.99. The molecular weight excluding hydrogens is 494 g/mol. The predicted octanol–water partition coefficient (Wildman–Crippen LogP) is 3.69. The minimum Gasteiger partial charge on any atom is -0.495 e. The number of fused-ring (bicyclic) bond motifs is 1. The number of aromatic nitrogens is 5. The molecule has 0 radical (unpaired) electrons. The molecule has 0 amide bonds. The lowest BCUT2D eigenvalue weighted by Crippen LogP contribution is -2.49. The molecule has 1 N–H and O–H groups in total. The summed E-state index contributed by atoms with van der Waals surface area (Å²) in [7, 11) is 1.69. The van der Waals surface area contributed by atoms with Crippen LogP contribution in [0.5, 0.6) is 5.75 Å². The van der Waals surface area contributed by atoms with Crippen LogP contribution in [0.1, 0.15) is 34.3 Å². The molecule has 1 aliphatic rings. The number of hydrogen-bond donors (Lipinski definition) is 1. The van der Waals surface area contributed by atoms with Gasteiger partial charge in [0.25, 0.3) is 5.56 Å². The smallest absolute Gasteiger partial charge is 0.253 e. The van der Waals surface area contributed by atoms with Gasteiger partial charge in [0.05, 0.1) is 19.1 Å². The molecule has 0 bridgehead atoms. The van der Waals surface area contributed by atoms with Crippen LogP contribution in [-0.4, -0.2) is 63.4 Å². The van der Waals surface area contributed by atoms with Crippen molar-refractivity contribution in [3.63, 3.8) is 0 Å². The Labute approximate surface area is 225 Å². The second-order valence-corrected chi connectivity index (χ2v) is 9.97. The number of methoxy groups -OCH3 is 1. The van der Waals surface area contributed by atoms with Gasteiger partial charge in [0.2, 0.25) is 0 Å². The van der Waals surface area contributed by atoms with E-state index in [1.54, 1.807) is 18.1 Å². The number of tetrazole rings is 1. The number of piperazine rings is 1. The summed E-state index contributed by atoms with van der Waals surface area (Å²) in [5.41, 5.74) is 4.59. The molecule has 10 heteroatoms. The SMILES string of the molecule is COc1ccccc1N1CCN(C(c2cc3c(C)cc(C)cc3[nH]c2=O)c2nnnn2Cc2ccco2)CC1. The molecule has 0 spiro atoms. The van der Waals surface area contributed by atoms with Crippen LogP contribution in [0.2, 0.25) is 0 Å². The van der Waals surface area contributed by atoms with Crippen molar-refractivity contribution in [1.29, 1.82) is 0 Å². The average molecular weight is 526 g/mol. The summed E-state index contributed by atoms with van der Waals surface area (Å²) in [6, 6.07) is 17.5. The third kappa shape index (κ3) is 4.79. The number of nitrogens with zero attached hydrogens (tertiary/aromatic N) is 6. The zero-order chi connectivity index (χ0) is 26.9. The molecule has 2 aromatic carbocycles. The van der Waals surface area contributed by atoms with Gasteiger partial charge in [0.15, 0.2) is 5.82 Å². The Bertz CT molecular complexity index is 1650. The number of aromatic amines is 1. The minimum absolute atomic E-state index is 0.141. The van der Waals surface area contributed by atoms with E-state index in [0.29, 0.717) is 31.0 Å². The molecule has 10 nitrogen and oxygen atoms in total. The van der Waals surface area contributed by atoms with Crippen molar-refractivity contribution in [2.24, 2.45) is 0 Å². The second-order valence-electron chi connectivity index (χ2n) is 9.97. The first-order valence-electron chi connectivity index (χ1n) is 13.1. The summed E-state index contributed by atoms with van der Waals surface area (Å²) in [6.45, 7) is 7.42. The van der Waals surface area contributed by atoms with Crippen LogP contribution in [0.25, 0.3) is 10.9 Å². The van der Waals surface area contributed by atoms with Crippen LogP contribution >= 0.6 is 0 Å². The summed E-state index contributed by atoms with van der Waals surface area (Å²) in [5, 5.41) is 13.7. The molecule has 1 aliphatic heterocycles. The van der Waals surface area contributed by atoms with Crippen molar-refractivity contribution >= 4 is 16.6 Å². The molecule has 3 aromatic heterocycles. The fraction of sp³-hybridized carbons (Fsp3) is 0.310. The van der Waals surface area contributed by atoms with Crippen molar-refractivity contribution < 1.29 is 9.15 Å². The summed E-state index contributed by atoms with van der Waals surface area (Å²) in [6.07, 6.45) is 1.63. The van der Waals surface area contributed by atoms with Gasteiger partial charge in [-0.3, -0.25) is 9.69 Å². The van der Waals surface area contributed by atoms with Crippen LogP contribution in [0.3, 0.4) is 0 Å². The highest BCUT2D eigenvalue weighted by molar-refractivity contribution is 5.83. The maximum Gasteiger partial charge on any atom is 0.253 e. The zero-order valence-corrected chi connectivity index (χ0v) is 22.3. The highest BCUT2D eigenvalue weighted by atomic mass is 16.5. The third-order valence-electron chi connectivity index (χ3n) is 7.43. The molecule has 39 heavy (non-hydrogen) atoms. The van der Waals surface area contributed by atoms with Gasteiger partial charge in [0.1, 0.15) is 24.1 Å². The van der Waals surface area contributed by atoms with Gasteiger partial charge in [-0.2, -0.15) is 0 Å². The molecule has 4 heterocycles. The number of H-pyrrole nitrogens is 1. The molecule has 0 saturated carbocycles. The Kier molecular flexibility index (Phi) is 6.62. The van der Waals surface area contributed by atoms with Crippen molar-refractivity contribution in [3.05, 3.63) is 99.5 Å². The number of benzene rings is 2. The first-order chi connectivity index (χ1) is 19.0. The zero-order valence-electron chi connectivity index (χ0n) is 22.3. The molecule has 5 aromatic rings. The molecule has 200 valence electrons. The van der Waals surface area contributed by atoms with Crippen molar-refractivity contribution in [1.82, 2.24) is 30.1 Å². The molecule has 6 rings (SSSR count). The summed E-state index contributed by atoms with van der Waals surface area (Å²) < 4.78 is 12.9. The van der Waals surface area contributed by atoms with Crippen LogP contribution < -0.4 is 15.2 Å². The van der Waals surface area contributed by atoms with Crippen molar-refractivity contribution in [2.45, 2.75) is 26.4 Å². The number of anilines is 1. The molecule has 1 unspecified atom stereocenters. The summed E-state index contributed by atoms with van der Waals surface area (Å²) in [5.74, 6) is 2.19. The van der Waals surface area contributed by atoms with Crippen LogP contribution in [0.15, 0.2) is 70.1 Å². The molecule has 1 saturated heterocycles. The predicted molar refractivity (Wildman–Crippen MR) is 148 cm³/mol. The van der Waals surface area contributed by atoms with E-state index in [1.807, 2.05) is 49.4 Å². The second kappa shape index (κ2) is 10.4. The number of nitrogens with one attached hydrogen (secondary N) is 1. The fourth-order valence-electron chi connectivity index (χ4n) is 5.57. The highest BCUT2D eigenvalue weighted by Crippen LogP contribution is 2.32. The van der Waals surface area contributed by atoms with E-state index < -0.39 is 6.04 Å². The van der Waals surface area contributed by atoms with Gasteiger partial charge >= 0.3 is 0 Å². The normalized spacial score (nSPS) is 15.1. The van der Waals surface area contributed by atoms with Crippen LogP contribution in [0.4, 0.5) is 5.69 Å².